The lowest BCUT2D eigenvalue weighted by Gasteiger charge is -2.13. The molecular formula is C14H23NS. The molecule has 0 aliphatic heterocycles. The molecule has 1 aliphatic carbocycles. The van der Waals surface area contributed by atoms with Crippen LogP contribution in [0.15, 0.2) is 5.38 Å². The van der Waals surface area contributed by atoms with Crippen molar-refractivity contribution in [3.8, 4) is 0 Å². The summed E-state index contributed by atoms with van der Waals surface area (Å²) >= 11 is 1.99. The summed E-state index contributed by atoms with van der Waals surface area (Å²) in [6, 6.07) is 0.587. The van der Waals surface area contributed by atoms with E-state index in [-0.39, 0.29) is 0 Å². The molecular weight excluding hydrogens is 214 g/mol. The molecule has 0 atom stereocenters. The quantitative estimate of drug-likeness (QED) is 0.840. The van der Waals surface area contributed by atoms with E-state index in [0.29, 0.717) is 6.04 Å². The first-order chi connectivity index (χ1) is 7.77. The second-order valence-electron chi connectivity index (χ2n) is 5.11. The van der Waals surface area contributed by atoms with Gasteiger partial charge in [-0.1, -0.05) is 26.7 Å². The molecule has 1 nitrogen and oxygen atoms in total. The number of nitrogens with one attached hydrogen (secondary N) is 1. The van der Waals surface area contributed by atoms with E-state index in [1.807, 2.05) is 11.3 Å². The first kappa shape index (κ1) is 12.1. The summed E-state index contributed by atoms with van der Waals surface area (Å²) in [5.41, 5.74) is 3.24. The molecule has 0 unspecified atom stereocenters. The Balaban J connectivity index is 2.07. The molecule has 2 rings (SSSR count). The second-order valence-corrected chi connectivity index (χ2v) is 6.08. The number of hydrogen-bond acceptors (Lipinski definition) is 2. The molecule has 0 amide bonds. The molecule has 0 fully saturated rings. The predicted octanol–water partition coefficient (Wildman–Crippen LogP) is 3.91. The fourth-order valence-electron chi connectivity index (χ4n) is 2.38. The van der Waals surface area contributed by atoms with Crippen LogP contribution in [-0.2, 0) is 19.4 Å². The average molecular weight is 237 g/mol. The predicted molar refractivity (Wildman–Crippen MR) is 72.2 cm³/mol. The number of thiophene rings is 1. The van der Waals surface area contributed by atoms with Crippen LogP contribution in [0.3, 0.4) is 0 Å². The Morgan fingerprint density at radius 1 is 1.19 bits per heavy atom. The van der Waals surface area contributed by atoms with E-state index in [4.69, 9.17) is 0 Å². The monoisotopic (exact) mass is 237 g/mol. The van der Waals surface area contributed by atoms with E-state index in [2.05, 4.69) is 24.5 Å². The maximum Gasteiger partial charge on any atom is 0.0218 e. The van der Waals surface area contributed by atoms with Crippen LogP contribution in [0.25, 0.3) is 0 Å². The zero-order valence-electron chi connectivity index (χ0n) is 10.5. The Hall–Kier alpha value is -0.340. The van der Waals surface area contributed by atoms with E-state index in [1.54, 1.807) is 16.0 Å². The summed E-state index contributed by atoms with van der Waals surface area (Å²) in [4.78, 5) is 1.67. The largest absolute Gasteiger partial charge is 0.310 e. The van der Waals surface area contributed by atoms with Crippen LogP contribution in [0, 0.1) is 0 Å². The van der Waals surface area contributed by atoms with E-state index in [1.165, 1.54) is 38.5 Å². The van der Waals surface area contributed by atoms with Gasteiger partial charge in [-0.15, -0.1) is 11.3 Å². The number of fused-ring (bicyclic) bond motifs is 1. The van der Waals surface area contributed by atoms with Gasteiger partial charge >= 0.3 is 0 Å². The molecule has 0 saturated heterocycles. The van der Waals surface area contributed by atoms with Crippen molar-refractivity contribution in [2.75, 3.05) is 0 Å². The molecule has 1 heterocycles. The maximum absolute atomic E-state index is 3.54. The molecule has 1 aromatic rings. The highest BCUT2D eigenvalue weighted by molar-refractivity contribution is 7.10. The molecule has 0 aromatic carbocycles. The van der Waals surface area contributed by atoms with Crippen LogP contribution in [0.1, 0.15) is 55.5 Å². The highest BCUT2D eigenvalue weighted by Crippen LogP contribution is 2.28. The molecule has 0 bridgehead atoms. The Bertz CT molecular complexity index is 327. The molecule has 16 heavy (non-hydrogen) atoms. The van der Waals surface area contributed by atoms with Crippen molar-refractivity contribution < 1.29 is 0 Å². The van der Waals surface area contributed by atoms with Crippen molar-refractivity contribution >= 4 is 11.3 Å². The van der Waals surface area contributed by atoms with Gasteiger partial charge in [0.05, 0.1) is 0 Å². The Kier molecular flexibility index (Phi) is 4.42. The van der Waals surface area contributed by atoms with Gasteiger partial charge in [0.2, 0.25) is 0 Å². The smallest absolute Gasteiger partial charge is 0.0218 e. The second kappa shape index (κ2) is 5.83. The van der Waals surface area contributed by atoms with Gasteiger partial charge in [-0.3, -0.25) is 0 Å². The van der Waals surface area contributed by atoms with Gasteiger partial charge in [-0.25, -0.2) is 0 Å². The summed E-state index contributed by atoms with van der Waals surface area (Å²) in [5.74, 6) is 0. The topological polar surface area (TPSA) is 12.0 Å². The Labute approximate surface area is 103 Å². The van der Waals surface area contributed by atoms with Gasteiger partial charge in [0.25, 0.3) is 0 Å². The lowest BCUT2D eigenvalue weighted by molar-refractivity contribution is 0.580. The first-order valence-electron chi connectivity index (χ1n) is 6.59. The van der Waals surface area contributed by atoms with Gasteiger partial charge in [-0.2, -0.15) is 0 Å². The highest BCUT2D eigenvalue weighted by Gasteiger charge is 2.13. The normalized spacial score (nSPS) is 16.9. The molecule has 0 radical (unpaired) electrons. The molecule has 1 N–H and O–H groups in total. The van der Waals surface area contributed by atoms with Crippen LogP contribution in [0.4, 0.5) is 0 Å². The van der Waals surface area contributed by atoms with Gasteiger partial charge < -0.3 is 5.32 Å². The lowest BCUT2D eigenvalue weighted by atomic mass is 9.97. The van der Waals surface area contributed by atoms with Crippen LogP contribution in [0.5, 0.6) is 0 Å². The maximum atomic E-state index is 3.54. The minimum atomic E-state index is 0.587. The zero-order valence-corrected chi connectivity index (χ0v) is 11.3. The third-order valence-corrected chi connectivity index (χ3v) is 4.49. The van der Waals surface area contributed by atoms with Crippen LogP contribution < -0.4 is 5.32 Å². The Morgan fingerprint density at radius 3 is 2.69 bits per heavy atom. The van der Waals surface area contributed by atoms with E-state index in [9.17, 15) is 0 Å². The van der Waals surface area contributed by atoms with Crippen molar-refractivity contribution in [1.82, 2.24) is 5.32 Å². The zero-order chi connectivity index (χ0) is 11.4. The standard InChI is InChI=1S/C14H23NS/c1-11(2)15-9-12-10-16-14-8-6-4-3-5-7-13(12)14/h10-11,15H,3-9H2,1-2H3. The summed E-state index contributed by atoms with van der Waals surface area (Å²) in [7, 11) is 0. The van der Waals surface area contributed by atoms with Gasteiger partial charge in [0.1, 0.15) is 0 Å². The van der Waals surface area contributed by atoms with Crippen molar-refractivity contribution in [2.45, 2.75) is 65.0 Å². The SMILES string of the molecule is CC(C)NCc1csc2c1CCCCCC2. The van der Waals surface area contributed by atoms with Gasteiger partial charge in [0.15, 0.2) is 0 Å². The molecule has 0 spiro atoms. The third-order valence-electron chi connectivity index (χ3n) is 3.35. The van der Waals surface area contributed by atoms with Crippen LogP contribution >= 0.6 is 11.3 Å². The number of rotatable bonds is 3. The molecule has 1 aromatic heterocycles. The molecule has 0 saturated carbocycles. The first-order valence-corrected chi connectivity index (χ1v) is 7.47. The average Bonchev–Trinajstić information content (AvgIpc) is 2.56. The van der Waals surface area contributed by atoms with Crippen molar-refractivity contribution in [3.63, 3.8) is 0 Å². The fourth-order valence-corrected chi connectivity index (χ4v) is 3.52. The number of hydrogen-bond donors (Lipinski definition) is 1. The summed E-state index contributed by atoms with van der Waals surface area (Å²) < 4.78 is 0. The third kappa shape index (κ3) is 3.08. The van der Waals surface area contributed by atoms with Crippen LogP contribution in [0.2, 0.25) is 0 Å². The summed E-state index contributed by atoms with van der Waals surface area (Å²) in [6.07, 6.45) is 8.27. The van der Waals surface area contributed by atoms with Crippen molar-refractivity contribution in [2.24, 2.45) is 0 Å². The minimum absolute atomic E-state index is 0.587. The van der Waals surface area contributed by atoms with Crippen molar-refractivity contribution in [3.05, 3.63) is 21.4 Å². The van der Waals surface area contributed by atoms with Gasteiger partial charge in [-0.05, 0) is 42.2 Å². The van der Waals surface area contributed by atoms with Gasteiger partial charge in [0, 0.05) is 17.5 Å². The van der Waals surface area contributed by atoms with E-state index < -0.39 is 0 Å². The Morgan fingerprint density at radius 2 is 1.94 bits per heavy atom. The summed E-state index contributed by atoms with van der Waals surface area (Å²) in [6.45, 7) is 5.50. The molecule has 2 heteroatoms. The fraction of sp³-hybridized carbons (Fsp3) is 0.714. The lowest BCUT2D eigenvalue weighted by Crippen LogP contribution is -2.22. The number of aryl methyl sites for hydroxylation is 1. The van der Waals surface area contributed by atoms with E-state index in [0.717, 1.165) is 6.54 Å². The minimum Gasteiger partial charge on any atom is -0.310 e. The van der Waals surface area contributed by atoms with E-state index >= 15 is 0 Å². The molecule has 1 aliphatic rings. The van der Waals surface area contributed by atoms with Crippen molar-refractivity contribution in [1.29, 1.82) is 0 Å². The highest BCUT2D eigenvalue weighted by atomic mass is 32.1. The van der Waals surface area contributed by atoms with Crippen LogP contribution in [-0.4, -0.2) is 6.04 Å². The summed E-state index contributed by atoms with van der Waals surface area (Å²) in [5, 5.41) is 5.92. The molecule has 90 valence electrons.